The van der Waals surface area contributed by atoms with Crippen molar-refractivity contribution in [2.75, 3.05) is 4.72 Å². The molecule has 0 saturated heterocycles. The SMILES string of the molecule is Cc1cc(COC(=O)c2ccccc2NS(=O)(=O)c2ccc(F)c(C)c2)on1. The minimum atomic E-state index is -4.03. The predicted molar refractivity (Wildman–Crippen MR) is 98.7 cm³/mol. The van der Waals surface area contributed by atoms with Crippen LogP contribution in [-0.4, -0.2) is 19.5 Å². The van der Waals surface area contributed by atoms with Gasteiger partial charge < -0.3 is 9.26 Å². The molecule has 1 aromatic heterocycles. The Kier molecular flexibility index (Phi) is 5.46. The molecule has 0 aliphatic carbocycles. The van der Waals surface area contributed by atoms with Crippen LogP contribution in [0.1, 0.15) is 27.4 Å². The summed E-state index contributed by atoms with van der Waals surface area (Å²) in [6, 6.07) is 11.1. The number of benzene rings is 2. The number of aromatic nitrogens is 1. The summed E-state index contributed by atoms with van der Waals surface area (Å²) in [5.41, 5.74) is 0.913. The Balaban J connectivity index is 1.81. The molecule has 1 N–H and O–H groups in total. The van der Waals surface area contributed by atoms with Gasteiger partial charge in [-0.3, -0.25) is 4.72 Å². The van der Waals surface area contributed by atoms with Crippen molar-refractivity contribution in [3.05, 3.63) is 76.9 Å². The highest BCUT2D eigenvalue weighted by molar-refractivity contribution is 7.92. The lowest BCUT2D eigenvalue weighted by molar-refractivity contribution is 0.0438. The molecule has 1 heterocycles. The first-order valence-electron chi connectivity index (χ1n) is 8.23. The smallest absolute Gasteiger partial charge is 0.340 e. The number of hydrogen-bond acceptors (Lipinski definition) is 6. The summed E-state index contributed by atoms with van der Waals surface area (Å²) >= 11 is 0. The van der Waals surface area contributed by atoms with Crippen molar-refractivity contribution in [1.82, 2.24) is 5.16 Å². The molecule has 0 aliphatic heterocycles. The Morgan fingerprint density at radius 3 is 2.61 bits per heavy atom. The third-order valence-electron chi connectivity index (χ3n) is 3.85. The maximum atomic E-state index is 13.4. The van der Waals surface area contributed by atoms with Crippen LogP contribution < -0.4 is 4.72 Å². The zero-order valence-electron chi connectivity index (χ0n) is 15.1. The van der Waals surface area contributed by atoms with E-state index in [0.29, 0.717) is 11.5 Å². The number of carbonyl (C=O) groups is 1. The number of esters is 1. The average molecular weight is 404 g/mol. The van der Waals surface area contributed by atoms with Gasteiger partial charge >= 0.3 is 5.97 Å². The van der Waals surface area contributed by atoms with Crippen LogP contribution in [0.15, 0.2) is 57.9 Å². The quantitative estimate of drug-likeness (QED) is 0.631. The highest BCUT2D eigenvalue weighted by Crippen LogP contribution is 2.22. The molecule has 7 nitrogen and oxygen atoms in total. The first kappa shape index (κ1) is 19.6. The first-order valence-corrected chi connectivity index (χ1v) is 9.72. The molecular weight excluding hydrogens is 387 g/mol. The van der Waals surface area contributed by atoms with Crippen LogP contribution in [0.5, 0.6) is 0 Å². The van der Waals surface area contributed by atoms with E-state index in [1.165, 1.54) is 25.1 Å². The number of para-hydroxylation sites is 1. The summed E-state index contributed by atoms with van der Waals surface area (Å²) < 4.78 is 51.1. The van der Waals surface area contributed by atoms with Crippen LogP contribution in [0.3, 0.4) is 0 Å². The number of ether oxygens (including phenoxy) is 1. The maximum absolute atomic E-state index is 13.4. The van der Waals surface area contributed by atoms with E-state index in [0.717, 1.165) is 12.1 Å². The maximum Gasteiger partial charge on any atom is 0.340 e. The summed E-state index contributed by atoms with van der Waals surface area (Å²) in [7, 11) is -4.03. The van der Waals surface area contributed by atoms with Gasteiger partial charge in [-0.15, -0.1) is 0 Å². The van der Waals surface area contributed by atoms with Crippen molar-refractivity contribution in [2.24, 2.45) is 0 Å². The molecule has 0 radical (unpaired) electrons. The highest BCUT2D eigenvalue weighted by Gasteiger charge is 2.20. The number of sulfonamides is 1. The summed E-state index contributed by atoms with van der Waals surface area (Å²) in [4.78, 5) is 12.3. The van der Waals surface area contributed by atoms with E-state index >= 15 is 0 Å². The van der Waals surface area contributed by atoms with Crippen molar-refractivity contribution >= 4 is 21.7 Å². The van der Waals surface area contributed by atoms with E-state index in [1.54, 1.807) is 25.1 Å². The summed E-state index contributed by atoms with van der Waals surface area (Å²) in [6.45, 7) is 3.05. The van der Waals surface area contributed by atoms with Crippen molar-refractivity contribution < 1.29 is 26.9 Å². The Morgan fingerprint density at radius 2 is 1.93 bits per heavy atom. The van der Waals surface area contributed by atoms with Crippen LogP contribution in [-0.2, 0) is 21.4 Å². The lowest BCUT2D eigenvalue weighted by atomic mass is 10.2. The standard InChI is InChI=1S/C19H17FN2O5S/c1-12-9-15(7-8-17(12)20)28(24,25)22-18-6-4-3-5-16(18)19(23)26-11-14-10-13(2)21-27-14/h3-10,22H,11H2,1-2H3. The van der Waals surface area contributed by atoms with Gasteiger partial charge in [0.15, 0.2) is 12.4 Å². The van der Waals surface area contributed by atoms with E-state index < -0.39 is 21.8 Å². The number of nitrogens with zero attached hydrogens (tertiary/aromatic N) is 1. The number of aryl methyl sites for hydroxylation is 2. The monoisotopic (exact) mass is 404 g/mol. The minimum absolute atomic E-state index is 0.0288. The summed E-state index contributed by atoms with van der Waals surface area (Å²) in [5, 5.41) is 3.70. The molecule has 0 atom stereocenters. The van der Waals surface area contributed by atoms with Gasteiger partial charge in [0.05, 0.1) is 21.8 Å². The van der Waals surface area contributed by atoms with Crippen LogP contribution >= 0.6 is 0 Å². The first-order chi connectivity index (χ1) is 13.3. The molecule has 146 valence electrons. The summed E-state index contributed by atoms with van der Waals surface area (Å²) in [5.74, 6) is -0.876. The molecule has 3 rings (SSSR count). The van der Waals surface area contributed by atoms with Gasteiger partial charge in [-0.05, 0) is 49.7 Å². The number of rotatable bonds is 6. The lowest BCUT2D eigenvalue weighted by Crippen LogP contribution is -2.16. The molecular formula is C19H17FN2O5S. The van der Waals surface area contributed by atoms with Gasteiger partial charge in [0.25, 0.3) is 10.0 Å². The molecule has 9 heteroatoms. The van der Waals surface area contributed by atoms with E-state index in [9.17, 15) is 17.6 Å². The lowest BCUT2D eigenvalue weighted by Gasteiger charge is -2.12. The van der Waals surface area contributed by atoms with Crippen molar-refractivity contribution in [3.63, 3.8) is 0 Å². The summed E-state index contributed by atoms with van der Waals surface area (Å²) in [6.07, 6.45) is 0. The minimum Gasteiger partial charge on any atom is -0.454 e. The van der Waals surface area contributed by atoms with Gasteiger partial charge in [-0.1, -0.05) is 17.3 Å². The Morgan fingerprint density at radius 1 is 1.18 bits per heavy atom. The number of carbonyl (C=O) groups excluding carboxylic acids is 1. The Hall–Kier alpha value is -3.20. The second-order valence-corrected chi connectivity index (χ2v) is 7.76. The molecule has 0 saturated carbocycles. The van der Waals surface area contributed by atoms with Gasteiger partial charge in [0.2, 0.25) is 0 Å². The number of halogens is 1. The van der Waals surface area contributed by atoms with Gasteiger partial charge in [-0.2, -0.15) is 0 Å². The van der Waals surface area contributed by atoms with Gasteiger partial charge in [0, 0.05) is 6.07 Å². The fourth-order valence-electron chi connectivity index (χ4n) is 2.44. The fraction of sp³-hybridized carbons (Fsp3) is 0.158. The second kappa shape index (κ2) is 7.81. The Labute approximate surface area is 161 Å². The third kappa shape index (κ3) is 4.37. The molecule has 0 aliphatic rings. The number of nitrogens with one attached hydrogen (secondary N) is 1. The van der Waals surface area contributed by atoms with Crippen LogP contribution in [0.2, 0.25) is 0 Å². The number of hydrogen-bond donors (Lipinski definition) is 1. The van der Waals surface area contributed by atoms with Crippen LogP contribution in [0.4, 0.5) is 10.1 Å². The second-order valence-electron chi connectivity index (χ2n) is 6.07. The third-order valence-corrected chi connectivity index (χ3v) is 5.22. The van der Waals surface area contributed by atoms with Crippen molar-refractivity contribution in [2.45, 2.75) is 25.3 Å². The molecule has 0 spiro atoms. The van der Waals surface area contributed by atoms with E-state index in [-0.39, 0.29) is 28.3 Å². The van der Waals surface area contributed by atoms with E-state index in [2.05, 4.69) is 9.88 Å². The molecule has 28 heavy (non-hydrogen) atoms. The normalized spacial score (nSPS) is 11.2. The topological polar surface area (TPSA) is 98.5 Å². The number of anilines is 1. The van der Waals surface area contributed by atoms with Gasteiger partial charge in [0.1, 0.15) is 5.82 Å². The van der Waals surface area contributed by atoms with E-state index in [4.69, 9.17) is 9.26 Å². The highest BCUT2D eigenvalue weighted by atomic mass is 32.2. The van der Waals surface area contributed by atoms with Gasteiger partial charge in [-0.25, -0.2) is 17.6 Å². The molecule has 0 amide bonds. The average Bonchev–Trinajstić information content (AvgIpc) is 3.07. The zero-order valence-corrected chi connectivity index (χ0v) is 15.9. The van der Waals surface area contributed by atoms with Crippen LogP contribution in [0.25, 0.3) is 0 Å². The molecule has 0 bridgehead atoms. The molecule has 0 fully saturated rings. The Bertz CT molecular complexity index is 1120. The molecule has 2 aromatic carbocycles. The predicted octanol–water partition coefficient (Wildman–Crippen LogP) is 3.59. The molecule has 3 aromatic rings. The largest absolute Gasteiger partial charge is 0.454 e. The fourth-order valence-corrected chi connectivity index (χ4v) is 3.60. The zero-order chi connectivity index (χ0) is 20.3. The van der Waals surface area contributed by atoms with E-state index in [1.807, 2.05) is 0 Å². The van der Waals surface area contributed by atoms with Crippen molar-refractivity contribution in [1.29, 1.82) is 0 Å². The van der Waals surface area contributed by atoms with Crippen LogP contribution in [0, 0.1) is 19.7 Å². The van der Waals surface area contributed by atoms with Crippen molar-refractivity contribution in [3.8, 4) is 0 Å². The molecule has 0 unspecified atom stereocenters.